The minimum absolute atomic E-state index is 0.162. The van der Waals surface area contributed by atoms with Crippen LogP contribution in [0.25, 0.3) is 0 Å². The summed E-state index contributed by atoms with van der Waals surface area (Å²) in [6, 6.07) is 11.8. The molecule has 0 atom stereocenters. The van der Waals surface area contributed by atoms with Gasteiger partial charge in [-0.3, -0.25) is 19.3 Å². The van der Waals surface area contributed by atoms with E-state index >= 15 is 0 Å². The van der Waals surface area contributed by atoms with Crippen molar-refractivity contribution in [3.8, 4) is 11.5 Å². The number of fused-ring (bicyclic) bond motifs is 1. The Hall–Kier alpha value is -3.55. The van der Waals surface area contributed by atoms with E-state index in [9.17, 15) is 14.4 Å². The molecule has 1 aliphatic heterocycles. The van der Waals surface area contributed by atoms with Crippen LogP contribution in [0.3, 0.4) is 0 Å². The normalized spacial score (nSPS) is 12.7. The molecule has 0 bridgehead atoms. The Labute approximate surface area is 169 Å². The van der Waals surface area contributed by atoms with E-state index in [0.29, 0.717) is 35.0 Å². The third-order valence-electron chi connectivity index (χ3n) is 4.31. The number of carbonyl (C=O) groups is 3. The number of ether oxygens (including phenoxy) is 2. The van der Waals surface area contributed by atoms with Crippen LogP contribution in [0.1, 0.15) is 17.3 Å². The van der Waals surface area contributed by atoms with E-state index in [1.165, 1.54) is 9.80 Å². The van der Waals surface area contributed by atoms with Gasteiger partial charge in [-0.1, -0.05) is 0 Å². The van der Waals surface area contributed by atoms with Crippen molar-refractivity contribution in [1.29, 1.82) is 0 Å². The molecule has 3 rings (SSSR count). The van der Waals surface area contributed by atoms with Gasteiger partial charge in [0.05, 0.1) is 12.3 Å². The Balaban J connectivity index is 1.76. The van der Waals surface area contributed by atoms with Gasteiger partial charge in [0.2, 0.25) is 5.91 Å². The van der Waals surface area contributed by atoms with Gasteiger partial charge in [0.25, 0.3) is 11.8 Å². The van der Waals surface area contributed by atoms with Crippen molar-refractivity contribution in [3.05, 3.63) is 48.0 Å². The zero-order valence-corrected chi connectivity index (χ0v) is 16.6. The summed E-state index contributed by atoms with van der Waals surface area (Å²) < 4.78 is 10.8. The molecule has 8 heteroatoms. The Morgan fingerprint density at radius 3 is 2.55 bits per heavy atom. The van der Waals surface area contributed by atoms with Crippen LogP contribution in [0.2, 0.25) is 0 Å². The number of anilines is 2. The van der Waals surface area contributed by atoms with Crippen LogP contribution < -0.4 is 19.7 Å². The summed E-state index contributed by atoms with van der Waals surface area (Å²) in [5.41, 5.74) is 1.40. The number of hydrogen-bond donors (Lipinski definition) is 1. The first-order valence-corrected chi connectivity index (χ1v) is 9.20. The van der Waals surface area contributed by atoms with Crippen molar-refractivity contribution in [2.45, 2.75) is 6.92 Å². The van der Waals surface area contributed by atoms with Crippen molar-refractivity contribution in [3.63, 3.8) is 0 Å². The molecule has 0 spiro atoms. The molecule has 2 aromatic rings. The molecule has 3 amide bonds. The Morgan fingerprint density at radius 2 is 1.90 bits per heavy atom. The number of benzene rings is 2. The fourth-order valence-corrected chi connectivity index (χ4v) is 2.91. The van der Waals surface area contributed by atoms with E-state index < -0.39 is 0 Å². The molecular formula is C21H23N3O5. The first-order chi connectivity index (χ1) is 13.9. The molecule has 0 saturated carbocycles. The van der Waals surface area contributed by atoms with Gasteiger partial charge >= 0.3 is 0 Å². The summed E-state index contributed by atoms with van der Waals surface area (Å²) in [6.07, 6.45) is 0. The average Bonchev–Trinajstić information content (AvgIpc) is 2.71. The number of nitrogens with zero attached hydrogens (tertiary/aromatic N) is 2. The number of amides is 3. The molecule has 2 aromatic carbocycles. The zero-order chi connectivity index (χ0) is 21.0. The predicted octanol–water partition coefficient (Wildman–Crippen LogP) is 2.15. The summed E-state index contributed by atoms with van der Waals surface area (Å²) in [5, 5.41) is 2.76. The van der Waals surface area contributed by atoms with E-state index in [0.717, 1.165) is 0 Å². The second kappa shape index (κ2) is 8.64. The highest BCUT2D eigenvalue weighted by Crippen LogP contribution is 2.33. The standard InChI is InChI=1S/C21H23N3O5/c1-4-28-16-8-6-15(7-9-16)22-19(25)12-24-17-11-14(21(27)23(2)3)5-10-18(17)29-13-20(24)26/h5-11H,4,12-13H2,1-3H3,(H,22,25). The minimum Gasteiger partial charge on any atom is -0.494 e. The van der Waals surface area contributed by atoms with Gasteiger partial charge in [-0.15, -0.1) is 0 Å². The van der Waals surface area contributed by atoms with Crippen molar-refractivity contribution in [1.82, 2.24) is 4.90 Å². The lowest BCUT2D eigenvalue weighted by Crippen LogP contribution is -2.43. The van der Waals surface area contributed by atoms with Gasteiger partial charge in [-0.25, -0.2) is 0 Å². The zero-order valence-electron chi connectivity index (χ0n) is 16.6. The van der Waals surface area contributed by atoms with E-state index in [-0.39, 0.29) is 30.9 Å². The Morgan fingerprint density at radius 1 is 1.17 bits per heavy atom. The summed E-state index contributed by atoms with van der Waals surface area (Å²) in [5.74, 6) is 0.243. The summed E-state index contributed by atoms with van der Waals surface area (Å²) in [4.78, 5) is 39.9. The monoisotopic (exact) mass is 397 g/mol. The van der Waals surface area contributed by atoms with E-state index in [1.807, 2.05) is 6.92 Å². The first-order valence-electron chi connectivity index (χ1n) is 9.20. The SMILES string of the molecule is CCOc1ccc(NC(=O)CN2C(=O)COc3ccc(C(=O)N(C)C)cc32)cc1. The molecule has 0 unspecified atom stereocenters. The van der Waals surface area contributed by atoms with Gasteiger partial charge in [0.1, 0.15) is 18.0 Å². The average molecular weight is 397 g/mol. The predicted molar refractivity (Wildman–Crippen MR) is 109 cm³/mol. The highest BCUT2D eigenvalue weighted by Gasteiger charge is 2.28. The van der Waals surface area contributed by atoms with Crippen LogP contribution in [-0.2, 0) is 9.59 Å². The van der Waals surface area contributed by atoms with Crippen molar-refractivity contribution >= 4 is 29.1 Å². The van der Waals surface area contributed by atoms with Crippen molar-refractivity contribution in [2.75, 3.05) is 44.1 Å². The maximum absolute atomic E-state index is 12.5. The third kappa shape index (κ3) is 4.66. The van der Waals surface area contributed by atoms with Crippen LogP contribution in [0, 0.1) is 0 Å². The highest BCUT2D eigenvalue weighted by molar-refractivity contribution is 6.06. The lowest BCUT2D eigenvalue weighted by atomic mass is 10.1. The largest absolute Gasteiger partial charge is 0.494 e. The molecule has 29 heavy (non-hydrogen) atoms. The topological polar surface area (TPSA) is 88.2 Å². The van der Waals surface area contributed by atoms with E-state index in [2.05, 4.69) is 5.32 Å². The number of rotatable bonds is 6. The van der Waals surface area contributed by atoms with Gasteiger partial charge in [-0.2, -0.15) is 0 Å². The molecule has 0 radical (unpaired) electrons. The Kier molecular flexibility index (Phi) is 6.01. The summed E-state index contributed by atoms with van der Waals surface area (Å²) >= 11 is 0. The molecule has 0 aliphatic carbocycles. The number of hydrogen-bond acceptors (Lipinski definition) is 5. The Bertz CT molecular complexity index is 924. The molecule has 1 aliphatic rings. The maximum Gasteiger partial charge on any atom is 0.265 e. The quantitative estimate of drug-likeness (QED) is 0.807. The van der Waals surface area contributed by atoms with Gasteiger partial charge < -0.3 is 19.7 Å². The first kappa shape index (κ1) is 20.2. The third-order valence-corrected chi connectivity index (χ3v) is 4.31. The summed E-state index contributed by atoms with van der Waals surface area (Å²) in [7, 11) is 3.29. The highest BCUT2D eigenvalue weighted by atomic mass is 16.5. The molecule has 8 nitrogen and oxygen atoms in total. The molecule has 0 saturated heterocycles. The molecule has 0 fully saturated rings. The fourth-order valence-electron chi connectivity index (χ4n) is 2.91. The molecule has 0 aromatic heterocycles. The van der Waals surface area contributed by atoms with Crippen LogP contribution in [-0.4, -0.2) is 56.5 Å². The van der Waals surface area contributed by atoms with Gasteiger partial charge in [-0.05, 0) is 49.4 Å². The number of nitrogens with one attached hydrogen (secondary N) is 1. The molecule has 1 heterocycles. The van der Waals surface area contributed by atoms with E-state index in [4.69, 9.17) is 9.47 Å². The van der Waals surface area contributed by atoms with Crippen LogP contribution in [0.15, 0.2) is 42.5 Å². The molecule has 152 valence electrons. The minimum atomic E-state index is -0.361. The summed E-state index contributed by atoms with van der Waals surface area (Å²) in [6.45, 7) is 2.10. The van der Waals surface area contributed by atoms with Gasteiger partial charge in [0, 0.05) is 25.3 Å². The van der Waals surface area contributed by atoms with Crippen molar-refractivity contribution < 1.29 is 23.9 Å². The van der Waals surface area contributed by atoms with Gasteiger partial charge in [0.15, 0.2) is 6.61 Å². The molecular weight excluding hydrogens is 374 g/mol. The van der Waals surface area contributed by atoms with Crippen LogP contribution in [0.5, 0.6) is 11.5 Å². The van der Waals surface area contributed by atoms with E-state index in [1.54, 1.807) is 56.6 Å². The second-order valence-electron chi connectivity index (χ2n) is 6.66. The van der Waals surface area contributed by atoms with Crippen LogP contribution >= 0.6 is 0 Å². The molecule has 1 N–H and O–H groups in total. The fraction of sp³-hybridized carbons (Fsp3) is 0.286. The van der Waals surface area contributed by atoms with Crippen molar-refractivity contribution in [2.24, 2.45) is 0 Å². The second-order valence-corrected chi connectivity index (χ2v) is 6.66. The smallest absolute Gasteiger partial charge is 0.265 e. The number of carbonyl (C=O) groups excluding carboxylic acids is 3. The lowest BCUT2D eigenvalue weighted by molar-refractivity contribution is -0.123. The van der Waals surface area contributed by atoms with Crippen LogP contribution in [0.4, 0.5) is 11.4 Å². The lowest BCUT2D eigenvalue weighted by Gasteiger charge is -2.29. The maximum atomic E-state index is 12.5.